The molecule has 21 heavy (non-hydrogen) atoms. The van der Waals surface area contributed by atoms with E-state index in [-0.39, 0.29) is 12.1 Å². The van der Waals surface area contributed by atoms with Crippen LogP contribution in [0.25, 0.3) is 11.0 Å². The molecule has 0 aliphatic heterocycles. The molecule has 0 saturated heterocycles. The highest BCUT2D eigenvalue weighted by molar-refractivity contribution is 5.75. The molecule has 1 heterocycles. The van der Waals surface area contributed by atoms with Gasteiger partial charge < -0.3 is 15.0 Å². The Morgan fingerprint density at radius 2 is 2.05 bits per heavy atom. The topological polar surface area (TPSA) is 50.1 Å². The molecule has 1 aromatic carbocycles. The Morgan fingerprint density at radius 1 is 1.29 bits per heavy atom. The molecule has 0 spiro atoms. The number of para-hydroxylation sites is 2. The third-order valence-electron chi connectivity index (χ3n) is 4.30. The molecule has 4 nitrogen and oxygen atoms in total. The number of aliphatic hydroxyl groups excluding tert-OH is 1. The molecule has 4 heteroatoms. The summed E-state index contributed by atoms with van der Waals surface area (Å²) < 4.78 is 2.30. The molecule has 0 aliphatic carbocycles. The molecule has 1 aromatic heterocycles. The lowest BCUT2D eigenvalue weighted by atomic mass is 9.95. The number of aromatic nitrogens is 2. The van der Waals surface area contributed by atoms with E-state index in [1.807, 2.05) is 6.07 Å². The average molecular weight is 289 g/mol. The van der Waals surface area contributed by atoms with Gasteiger partial charge in [-0.2, -0.15) is 0 Å². The van der Waals surface area contributed by atoms with Gasteiger partial charge in [-0.25, -0.2) is 4.98 Å². The van der Waals surface area contributed by atoms with Crippen LogP contribution >= 0.6 is 0 Å². The van der Waals surface area contributed by atoms with E-state index in [1.165, 1.54) is 5.52 Å². The van der Waals surface area contributed by atoms with Gasteiger partial charge >= 0.3 is 0 Å². The summed E-state index contributed by atoms with van der Waals surface area (Å²) in [5.41, 5.74) is 2.23. The number of rotatable bonds is 8. The summed E-state index contributed by atoms with van der Waals surface area (Å²) in [5.74, 6) is 1.08. The molecule has 0 radical (unpaired) electrons. The maximum atomic E-state index is 9.22. The van der Waals surface area contributed by atoms with E-state index < -0.39 is 0 Å². The van der Waals surface area contributed by atoms with Gasteiger partial charge in [0.05, 0.1) is 17.6 Å². The zero-order valence-corrected chi connectivity index (χ0v) is 13.4. The van der Waals surface area contributed by atoms with Gasteiger partial charge in [-0.3, -0.25) is 0 Å². The van der Waals surface area contributed by atoms with E-state index in [9.17, 15) is 5.11 Å². The first-order valence-electron chi connectivity index (χ1n) is 7.93. The first-order valence-corrected chi connectivity index (χ1v) is 7.93. The van der Waals surface area contributed by atoms with Crippen LogP contribution in [0.15, 0.2) is 24.3 Å². The summed E-state index contributed by atoms with van der Waals surface area (Å²) in [6, 6.07) is 8.30. The van der Waals surface area contributed by atoms with E-state index in [1.54, 1.807) is 0 Å². The van der Waals surface area contributed by atoms with Crippen LogP contribution in [0, 0.1) is 0 Å². The fourth-order valence-electron chi connectivity index (χ4n) is 2.66. The minimum absolute atomic E-state index is 0.0378. The molecule has 1 unspecified atom stereocenters. The Morgan fingerprint density at radius 3 is 2.71 bits per heavy atom. The third-order valence-corrected chi connectivity index (χ3v) is 4.30. The highest BCUT2D eigenvalue weighted by atomic mass is 16.3. The number of fused-ring (bicyclic) bond motifs is 1. The van der Waals surface area contributed by atoms with Crippen LogP contribution in [0.5, 0.6) is 0 Å². The molecule has 0 bridgehead atoms. The van der Waals surface area contributed by atoms with Gasteiger partial charge in [-0.05, 0) is 38.3 Å². The lowest BCUT2D eigenvalue weighted by Gasteiger charge is -2.29. The van der Waals surface area contributed by atoms with Crippen molar-refractivity contribution in [2.24, 2.45) is 0 Å². The molecule has 0 saturated carbocycles. The number of nitrogens with zero attached hydrogens (tertiary/aromatic N) is 2. The highest BCUT2D eigenvalue weighted by Crippen LogP contribution is 2.19. The number of hydrogen-bond acceptors (Lipinski definition) is 3. The second-order valence-electron chi connectivity index (χ2n) is 5.91. The number of nitrogens with one attached hydrogen (secondary N) is 1. The summed E-state index contributed by atoms with van der Waals surface area (Å²) in [5, 5.41) is 12.8. The first-order chi connectivity index (χ1) is 10.1. The number of benzene rings is 1. The zero-order chi connectivity index (χ0) is 15.3. The molecule has 0 fully saturated rings. The number of hydrogen-bond donors (Lipinski definition) is 2. The van der Waals surface area contributed by atoms with E-state index in [0.717, 1.165) is 43.7 Å². The number of imidazole rings is 1. The SMILES string of the molecule is CCCn1c(CNC(C)(CC)CCO)nc2ccccc21. The van der Waals surface area contributed by atoms with E-state index >= 15 is 0 Å². The molecule has 2 N–H and O–H groups in total. The fraction of sp³-hybridized carbons (Fsp3) is 0.588. The van der Waals surface area contributed by atoms with Gasteiger partial charge in [0.1, 0.15) is 5.82 Å². The maximum Gasteiger partial charge on any atom is 0.123 e. The summed E-state index contributed by atoms with van der Waals surface area (Å²) in [6.45, 7) is 8.43. The largest absolute Gasteiger partial charge is 0.396 e. The van der Waals surface area contributed by atoms with E-state index in [2.05, 4.69) is 48.9 Å². The molecule has 2 aromatic rings. The zero-order valence-electron chi connectivity index (χ0n) is 13.4. The van der Waals surface area contributed by atoms with Crippen LogP contribution in [0.3, 0.4) is 0 Å². The predicted octanol–water partition coefficient (Wildman–Crippen LogP) is 3.09. The molecule has 1 atom stereocenters. The van der Waals surface area contributed by atoms with Crippen LogP contribution < -0.4 is 5.32 Å². The molecular formula is C17H27N3O. The van der Waals surface area contributed by atoms with Crippen molar-refractivity contribution in [3.63, 3.8) is 0 Å². The van der Waals surface area contributed by atoms with Gasteiger partial charge in [0.15, 0.2) is 0 Å². The summed E-state index contributed by atoms with van der Waals surface area (Å²) in [7, 11) is 0. The molecule has 2 rings (SSSR count). The minimum Gasteiger partial charge on any atom is -0.396 e. The standard InChI is InChI=1S/C17H27N3O/c1-4-11-20-15-9-7-6-8-14(15)19-16(20)13-18-17(3,5-2)10-12-21/h6-9,18,21H,4-5,10-13H2,1-3H3. The smallest absolute Gasteiger partial charge is 0.123 e. The van der Waals surface area contributed by atoms with Crippen molar-refractivity contribution < 1.29 is 5.11 Å². The van der Waals surface area contributed by atoms with Crippen molar-refractivity contribution in [1.82, 2.24) is 14.9 Å². The van der Waals surface area contributed by atoms with Gasteiger partial charge in [0.2, 0.25) is 0 Å². The van der Waals surface area contributed by atoms with Crippen LogP contribution in [-0.4, -0.2) is 26.8 Å². The highest BCUT2D eigenvalue weighted by Gasteiger charge is 2.21. The van der Waals surface area contributed by atoms with Crippen molar-refractivity contribution in [2.75, 3.05) is 6.61 Å². The summed E-state index contributed by atoms with van der Waals surface area (Å²) in [4.78, 5) is 4.77. The fourth-order valence-corrected chi connectivity index (χ4v) is 2.66. The van der Waals surface area contributed by atoms with Crippen LogP contribution in [0.2, 0.25) is 0 Å². The molecule has 0 aliphatic rings. The summed E-state index contributed by atoms with van der Waals surface area (Å²) in [6.07, 6.45) is 2.84. The predicted molar refractivity (Wildman–Crippen MR) is 87.3 cm³/mol. The maximum absolute atomic E-state index is 9.22. The van der Waals surface area contributed by atoms with Crippen molar-refractivity contribution >= 4 is 11.0 Å². The minimum atomic E-state index is -0.0378. The van der Waals surface area contributed by atoms with Crippen LogP contribution in [0.1, 0.15) is 45.9 Å². The van der Waals surface area contributed by atoms with Crippen molar-refractivity contribution in [3.05, 3.63) is 30.1 Å². The first kappa shape index (κ1) is 16.0. The van der Waals surface area contributed by atoms with Gasteiger partial charge in [-0.1, -0.05) is 26.0 Å². The number of aliphatic hydroxyl groups is 1. The molecule has 116 valence electrons. The van der Waals surface area contributed by atoms with Crippen LogP contribution in [0.4, 0.5) is 0 Å². The lowest BCUT2D eigenvalue weighted by Crippen LogP contribution is -2.42. The third kappa shape index (κ3) is 3.63. The van der Waals surface area contributed by atoms with Gasteiger partial charge in [0.25, 0.3) is 0 Å². The van der Waals surface area contributed by atoms with E-state index in [4.69, 9.17) is 4.98 Å². The van der Waals surface area contributed by atoms with Crippen LogP contribution in [-0.2, 0) is 13.1 Å². The Hall–Kier alpha value is -1.39. The number of aryl methyl sites for hydroxylation is 1. The van der Waals surface area contributed by atoms with Gasteiger partial charge in [0, 0.05) is 18.7 Å². The van der Waals surface area contributed by atoms with E-state index in [0.29, 0.717) is 0 Å². The quantitative estimate of drug-likeness (QED) is 0.785. The second kappa shape index (κ2) is 7.05. The van der Waals surface area contributed by atoms with Gasteiger partial charge in [-0.15, -0.1) is 0 Å². The van der Waals surface area contributed by atoms with Crippen molar-refractivity contribution in [2.45, 2.75) is 58.7 Å². The normalized spacial score (nSPS) is 14.5. The Bertz CT molecular complexity index is 578. The Balaban J connectivity index is 2.23. The Labute approximate surface area is 127 Å². The second-order valence-corrected chi connectivity index (χ2v) is 5.91. The average Bonchev–Trinajstić information content (AvgIpc) is 2.84. The molecule has 0 amide bonds. The summed E-state index contributed by atoms with van der Waals surface area (Å²) >= 11 is 0. The monoisotopic (exact) mass is 289 g/mol. The van der Waals surface area contributed by atoms with Crippen molar-refractivity contribution in [3.8, 4) is 0 Å². The van der Waals surface area contributed by atoms with Crippen molar-refractivity contribution in [1.29, 1.82) is 0 Å². The molecular weight excluding hydrogens is 262 g/mol. The Kier molecular flexibility index (Phi) is 5.37. The lowest BCUT2D eigenvalue weighted by molar-refractivity contribution is 0.213.